The van der Waals surface area contributed by atoms with E-state index in [1.54, 1.807) is 0 Å². The number of hydrogen-bond acceptors (Lipinski definition) is 2. The van der Waals surface area contributed by atoms with Crippen LogP contribution < -0.4 is 0 Å². The third-order valence-electron chi connectivity index (χ3n) is 5.15. The first kappa shape index (κ1) is 9.83. The van der Waals surface area contributed by atoms with E-state index in [0.717, 1.165) is 19.1 Å². The average molecular weight is 208 g/mol. The van der Waals surface area contributed by atoms with Crippen molar-refractivity contribution in [2.45, 2.75) is 69.5 Å². The third-order valence-corrected chi connectivity index (χ3v) is 5.15. The lowest BCUT2D eigenvalue weighted by atomic mass is 9.50. The van der Waals surface area contributed by atoms with Crippen LogP contribution in [-0.2, 0) is 9.53 Å². The van der Waals surface area contributed by atoms with Gasteiger partial charge in [-0.25, -0.2) is 0 Å². The van der Waals surface area contributed by atoms with Gasteiger partial charge >= 0.3 is 0 Å². The van der Waals surface area contributed by atoms with E-state index in [0.29, 0.717) is 5.41 Å². The fourth-order valence-electron chi connectivity index (χ4n) is 4.14. The molecule has 0 amide bonds. The molecule has 0 bridgehead atoms. The molecule has 15 heavy (non-hydrogen) atoms. The monoisotopic (exact) mass is 208 g/mol. The van der Waals surface area contributed by atoms with E-state index in [4.69, 9.17) is 4.74 Å². The first-order valence-corrected chi connectivity index (χ1v) is 6.43. The molecule has 2 atom stereocenters. The fourth-order valence-corrected chi connectivity index (χ4v) is 4.14. The molecule has 2 spiro atoms. The Morgan fingerprint density at radius 3 is 2.33 bits per heavy atom. The number of carbonyl (C=O) groups excluding carboxylic acids is 1. The predicted octanol–water partition coefficient (Wildman–Crippen LogP) is 2.85. The second kappa shape index (κ2) is 3.31. The maximum Gasteiger partial charge on any atom is 0.148 e. The lowest BCUT2D eigenvalue weighted by Gasteiger charge is -2.59. The zero-order valence-corrected chi connectivity index (χ0v) is 9.34. The number of aldehydes is 1. The zero-order valence-electron chi connectivity index (χ0n) is 9.34. The lowest BCUT2D eigenvalue weighted by Crippen LogP contribution is -2.58. The van der Waals surface area contributed by atoms with Crippen LogP contribution in [0.1, 0.15) is 57.8 Å². The van der Waals surface area contributed by atoms with Gasteiger partial charge in [0.15, 0.2) is 0 Å². The van der Waals surface area contributed by atoms with Crippen LogP contribution in [0.15, 0.2) is 0 Å². The SMILES string of the molecule is O=CC1CCC2(CCC23CCCCC3)O1. The third kappa shape index (κ3) is 1.24. The number of rotatable bonds is 1. The van der Waals surface area contributed by atoms with Gasteiger partial charge in [0.1, 0.15) is 12.4 Å². The van der Waals surface area contributed by atoms with E-state index in [1.807, 2.05) is 0 Å². The Bertz CT molecular complexity index is 268. The fraction of sp³-hybridized carbons (Fsp3) is 0.923. The summed E-state index contributed by atoms with van der Waals surface area (Å²) < 4.78 is 6.06. The molecule has 2 unspecified atom stereocenters. The van der Waals surface area contributed by atoms with Crippen LogP contribution in [0.5, 0.6) is 0 Å². The first-order valence-electron chi connectivity index (χ1n) is 6.43. The maximum atomic E-state index is 10.8. The summed E-state index contributed by atoms with van der Waals surface area (Å²) in [5.41, 5.74) is 0.599. The Balaban J connectivity index is 1.78. The van der Waals surface area contributed by atoms with Crippen molar-refractivity contribution < 1.29 is 9.53 Å². The summed E-state index contributed by atoms with van der Waals surface area (Å²) >= 11 is 0. The van der Waals surface area contributed by atoms with E-state index < -0.39 is 0 Å². The minimum atomic E-state index is -0.0934. The van der Waals surface area contributed by atoms with Crippen molar-refractivity contribution in [3.63, 3.8) is 0 Å². The highest BCUT2D eigenvalue weighted by Crippen LogP contribution is 2.64. The summed E-state index contributed by atoms with van der Waals surface area (Å²) in [4.78, 5) is 10.8. The van der Waals surface area contributed by atoms with Crippen molar-refractivity contribution in [1.29, 1.82) is 0 Å². The second-order valence-corrected chi connectivity index (χ2v) is 5.67. The van der Waals surface area contributed by atoms with Crippen molar-refractivity contribution in [3.8, 4) is 0 Å². The maximum absolute atomic E-state index is 10.8. The smallest absolute Gasteiger partial charge is 0.148 e. The van der Waals surface area contributed by atoms with Crippen LogP contribution >= 0.6 is 0 Å². The molecule has 2 heteroatoms. The Labute approximate surface area is 91.4 Å². The molecule has 84 valence electrons. The molecular formula is C13H20O2. The Kier molecular flexibility index (Phi) is 2.17. The van der Waals surface area contributed by atoms with Gasteiger partial charge in [-0.3, -0.25) is 0 Å². The molecule has 0 aromatic carbocycles. The summed E-state index contributed by atoms with van der Waals surface area (Å²) in [6, 6.07) is 0. The zero-order chi connectivity index (χ0) is 10.4. The summed E-state index contributed by atoms with van der Waals surface area (Å²) in [6.45, 7) is 0. The van der Waals surface area contributed by atoms with E-state index in [9.17, 15) is 4.79 Å². The molecule has 0 aromatic rings. The molecule has 1 aliphatic heterocycles. The van der Waals surface area contributed by atoms with Crippen molar-refractivity contribution in [1.82, 2.24) is 0 Å². The van der Waals surface area contributed by atoms with Gasteiger partial charge in [0.05, 0.1) is 5.60 Å². The summed E-state index contributed by atoms with van der Waals surface area (Å²) in [5, 5.41) is 0. The van der Waals surface area contributed by atoms with E-state index >= 15 is 0 Å². The van der Waals surface area contributed by atoms with Crippen LogP contribution in [-0.4, -0.2) is 18.0 Å². The topological polar surface area (TPSA) is 26.3 Å². The Hall–Kier alpha value is -0.370. The van der Waals surface area contributed by atoms with Gasteiger partial charge in [-0.15, -0.1) is 0 Å². The summed E-state index contributed by atoms with van der Waals surface area (Å²) in [5.74, 6) is 0. The summed E-state index contributed by atoms with van der Waals surface area (Å²) in [7, 11) is 0. The first-order chi connectivity index (χ1) is 7.30. The summed E-state index contributed by atoms with van der Waals surface area (Å²) in [6.07, 6.45) is 12.4. The highest BCUT2D eigenvalue weighted by molar-refractivity contribution is 5.56. The average Bonchev–Trinajstić information content (AvgIpc) is 2.75. The molecule has 1 heterocycles. The van der Waals surface area contributed by atoms with E-state index in [-0.39, 0.29) is 11.7 Å². The number of carbonyl (C=O) groups is 1. The molecule has 0 radical (unpaired) electrons. The van der Waals surface area contributed by atoms with Gasteiger partial charge < -0.3 is 9.53 Å². The van der Waals surface area contributed by atoms with Gasteiger partial charge in [0.2, 0.25) is 0 Å². The minimum absolute atomic E-state index is 0.0934. The minimum Gasteiger partial charge on any atom is -0.364 e. The van der Waals surface area contributed by atoms with Gasteiger partial charge in [-0.05, 0) is 43.9 Å². The largest absolute Gasteiger partial charge is 0.364 e. The quantitative estimate of drug-likeness (QED) is 0.619. The molecule has 0 aromatic heterocycles. The molecule has 3 aliphatic rings. The van der Waals surface area contributed by atoms with Crippen LogP contribution in [0.2, 0.25) is 0 Å². The molecule has 2 aliphatic carbocycles. The lowest BCUT2D eigenvalue weighted by molar-refractivity contribution is -0.204. The second-order valence-electron chi connectivity index (χ2n) is 5.67. The molecule has 3 fully saturated rings. The highest BCUT2D eigenvalue weighted by atomic mass is 16.5. The molecule has 2 saturated carbocycles. The van der Waals surface area contributed by atoms with Crippen molar-refractivity contribution in [2.24, 2.45) is 5.41 Å². The molecule has 3 rings (SSSR count). The van der Waals surface area contributed by atoms with Gasteiger partial charge in [-0.1, -0.05) is 19.3 Å². The predicted molar refractivity (Wildman–Crippen MR) is 57.7 cm³/mol. The van der Waals surface area contributed by atoms with Crippen LogP contribution in [0.4, 0.5) is 0 Å². The van der Waals surface area contributed by atoms with E-state index in [2.05, 4.69) is 0 Å². The Morgan fingerprint density at radius 1 is 1.00 bits per heavy atom. The van der Waals surface area contributed by atoms with Crippen LogP contribution in [0, 0.1) is 5.41 Å². The molecular weight excluding hydrogens is 188 g/mol. The van der Waals surface area contributed by atoms with Crippen molar-refractivity contribution in [2.75, 3.05) is 0 Å². The molecule has 1 saturated heterocycles. The van der Waals surface area contributed by atoms with Gasteiger partial charge in [0, 0.05) is 0 Å². The standard InChI is InChI=1S/C13H20O2/c14-10-11-4-7-13(15-11)9-8-12(13)5-2-1-3-6-12/h10-11H,1-9H2. The molecule has 0 N–H and O–H groups in total. The van der Waals surface area contributed by atoms with Crippen molar-refractivity contribution in [3.05, 3.63) is 0 Å². The van der Waals surface area contributed by atoms with E-state index in [1.165, 1.54) is 44.9 Å². The van der Waals surface area contributed by atoms with Gasteiger partial charge in [0.25, 0.3) is 0 Å². The highest BCUT2D eigenvalue weighted by Gasteiger charge is 2.62. The normalized spacial score (nSPS) is 43.1. The number of fused-ring (bicyclic) bond motifs is 1. The molecule has 2 nitrogen and oxygen atoms in total. The number of ether oxygens (including phenoxy) is 1. The van der Waals surface area contributed by atoms with Gasteiger partial charge in [-0.2, -0.15) is 0 Å². The number of hydrogen-bond donors (Lipinski definition) is 0. The van der Waals surface area contributed by atoms with Crippen molar-refractivity contribution >= 4 is 6.29 Å². The Morgan fingerprint density at radius 2 is 1.80 bits per heavy atom. The van der Waals surface area contributed by atoms with Crippen LogP contribution in [0.25, 0.3) is 0 Å². The van der Waals surface area contributed by atoms with Crippen LogP contribution in [0.3, 0.4) is 0 Å².